The summed E-state index contributed by atoms with van der Waals surface area (Å²) in [6.07, 6.45) is -0.101. The van der Waals surface area contributed by atoms with Gasteiger partial charge in [0.15, 0.2) is 11.5 Å². The molecule has 0 aliphatic rings. The lowest BCUT2D eigenvalue weighted by Crippen LogP contribution is -2.17. The number of aromatic amines is 2. The largest absolute Gasteiger partial charge is 0.493 e. The third kappa shape index (κ3) is 4.17. The van der Waals surface area contributed by atoms with Gasteiger partial charge in [-0.15, -0.1) is 0 Å². The van der Waals surface area contributed by atoms with Gasteiger partial charge in [-0.05, 0) is 24.6 Å². The van der Waals surface area contributed by atoms with Gasteiger partial charge in [0.25, 0.3) is 5.56 Å². The van der Waals surface area contributed by atoms with Gasteiger partial charge in [-0.1, -0.05) is 6.07 Å². The van der Waals surface area contributed by atoms with Crippen LogP contribution in [0.5, 0.6) is 11.5 Å². The second kappa shape index (κ2) is 7.82. The number of carbonyl (C=O) groups excluding carboxylic acids is 1. The van der Waals surface area contributed by atoms with E-state index in [1.165, 1.54) is 32.4 Å². The van der Waals surface area contributed by atoms with E-state index in [9.17, 15) is 18.4 Å². The Morgan fingerprint density at radius 1 is 1.20 bits per heavy atom. The van der Waals surface area contributed by atoms with Crippen molar-refractivity contribution in [3.05, 3.63) is 45.4 Å². The highest BCUT2D eigenvalue weighted by atomic mass is 19.3. The Morgan fingerprint density at radius 2 is 1.92 bits per heavy atom. The number of methoxy groups -OCH3 is 2. The van der Waals surface area contributed by atoms with E-state index in [1.807, 2.05) is 0 Å². The van der Waals surface area contributed by atoms with Gasteiger partial charge in [-0.3, -0.25) is 14.7 Å². The van der Waals surface area contributed by atoms with E-state index < -0.39 is 18.5 Å². The summed E-state index contributed by atoms with van der Waals surface area (Å²) in [6.45, 7) is -1.32. The number of carbonyl (C=O) groups is 1. The summed E-state index contributed by atoms with van der Waals surface area (Å²) in [7, 11) is 2.55. The smallest absolute Gasteiger partial charge is 0.387 e. The predicted octanol–water partition coefficient (Wildman–Crippen LogP) is 2.32. The molecule has 1 atom stereocenters. The van der Waals surface area contributed by atoms with Crippen molar-refractivity contribution in [3.63, 3.8) is 0 Å². The molecule has 0 aliphatic carbocycles. The lowest BCUT2D eigenvalue weighted by molar-refractivity contribution is -0.140. The number of rotatable bonds is 7. The van der Waals surface area contributed by atoms with E-state index in [1.54, 1.807) is 6.92 Å². The summed E-state index contributed by atoms with van der Waals surface area (Å²) in [4.78, 5) is 23.9. The highest BCUT2D eigenvalue weighted by Gasteiger charge is 2.26. The van der Waals surface area contributed by atoms with Crippen LogP contribution in [0.15, 0.2) is 23.0 Å². The van der Waals surface area contributed by atoms with Crippen molar-refractivity contribution in [1.82, 2.24) is 10.2 Å². The molecule has 0 saturated heterocycles. The number of nitrogens with one attached hydrogen (secondary N) is 2. The number of halogens is 2. The molecule has 0 spiro atoms. The molecule has 1 aromatic heterocycles. The van der Waals surface area contributed by atoms with Crippen LogP contribution >= 0.6 is 0 Å². The lowest BCUT2D eigenvalue weighted by atomic mass is 9.88. The Kier molecular flexibility index (Phi) is 5.79. The first-order valence-corrected chi connectivity index (χ1v) is 7.34. The second-order valence-corrected chi connectivity index (χ2v) is 5.24. The molecule has 0 radical (unpaired) electrons. The minimum Gasteiger partial charge on any atom is -0.493 e. The highest BCUT2D eigenvalue weighted by molar-refractivity contribution is 5.71. The van der Waals surface area contributed by atoms with Crippen molar-refractivity contribution in [1.29, 1.82) is 0 Å². The molecule has 1 aromatic carbocycles. The molecule has 136 valence electrons. The first-order valence-electron chi connectivity index (χ1n) is 7.34. The van der Waals surface area contributed by atoms with Crippen molar-refractivity contribution in [2.45, 2.75) is 25.9 Å². The standard InChI is InChI=1S/C16H18F2N2O5/c1-8-14(15(22)20-19-8)10(7-13(21)24-3)9-4-5-11(25-16(17)18)12(6-9)23-2/h4-6,10,16H,7H2,1-3H3,(H2,19,20,22)/t10-/m0/s1. The zero-order chi connectivity index (χ0) is 18.6. The number of aromatic nitrogens is 2. The topological polar surface area (TPSA) is 93.4 Å². The molecular formula is C16H18F2N2O5. The maximum atomic E-state index is 12.5. The fraction of sp³-hybridized carbons (Fsp3) is 0.375. The molecule has 2 rings (SSSR count). The summed E-state index contributed by atoms with van der Waals surface area (Å²) >= 11 is 0. The number of H-pyrrole nitrogens is 2. The Balaban J connectivity index is 2.50. The fourth-order valence-corrected chi connectivity index (χ4v) is 2.61. The molecule has 0 fully saturated rings. The van der Waals surface area contributed by atoms with Gasteiger partial charge in [-0.2, -0.15) is 8.78 Å². The van der Waals surface area contributed by atoms with Crippen LogP contribution in [0.2, 0.25) is 0 Å². The van der Waals surface area contributed by atoms with Gasteiger partial charge in [0.2, 0.25) is 0 Å². The zero-order valence-electron chi connectivity index (χ0n) is 13.9. The second-order valence-electron chi connectivity index (χ2n) is 5.24. The Bertz CT molecular complexity index is 800. The zero-order valence-corrected chi connectivity index (χ0v) is 13.9. The fourth-order valence-electron chi connectivity index (χ4n) is 2.61. The van der Waals surface area contributed by atoms with Crippen LogP contribution in [0.3, 0.4) is 0 Å². The van der Waals surface area contributed by atoms with Crippen LogP contribution < -0.4 is 15.0 Å². The normalized spacial score (nSPS) is 12.1. The van der Waals surface area contributed by atoms with E-state index in [2.05, 4.69) is 14.9 Å². The maximum absolute atomic E-state index is 12.5. The summed E-state index contributed by atoms with van der Waals surface area (Å²) in [5.41, 5.74) is 1.07. The molecule has 0 saturated carbocycles. The van der Waals surface area contributed by atoms with Crippen molar-refractivity contribution in [2.24, 2.45) is 0 Å². The molecule has 7 nitrogen and oxygen atoms in total. The molecule has 0 amide bonds. The Labute approximate surface area is 141 Å². The number of hydrogen-bond donors (Lipinski definition) is 2. The molecule has 2 aromatic rings. The first kappa shape index (κ1) is 18.5. The van der Waals surface area contributed by atoms with Crippen molar-refractivity contribution >= 4 is 5.97 Å². The van der Waals surface area contributed by atoms with Crippen LogP contribution in [0, 0.1) is 6.92 Å². The average Bonchev–Trinajstić information content (AvgIpc) is 2.91. The average molecular weight is 356 g/mol. The minimum absolute atomic E-state index is 0.0669. The SMILES string of the molecule is COC(=O)C[C@@H](c1ccc(OC(F)F)c(OC)c1)c1c(C)[nH][nH]c1=O. The van der Waals surface area contributed by atoms with Crippen molar-refractivity contribution in [2.75, 3.05) is 14.2 Å². The summed E-state index contributed by atoms with van der Waals surface area (Å²) in [6, 6.07) is 4.26. The Hall–Kier alpha value is -2.84. The molecule has 9 heteroatoms. The van der Waals surface area contributed by atoms with Crippen molar-refractivity contribution in [3.8, 4) is 11.5 Å². The van der Waals surface area contributed by atoms with Gasteiger partial charge < -0.3 is 19.3 Å². The summed E-state index contributed by atoms with van der Waals surface area (Å²) < 4.78 is 39.1. The van der Waals surface area contributed by atoms with E-state index in [4.69, 9.17) is 9.47 Å². The number of esters is 1. The van der Waals surface area contributed by atoms with Crippen molar-refractivity contribution < 1.29 is 27.8 Å². The van der Waals surface area contributed by atoms with Gasteiger partial charge >= 0.3 is 12.6 Å². The van der Waals surface area contributed by atoms with Crippen LogP contribution in [-0.4, -0.2) is 37.0 Å². The molecule has 0 bridgehead atoms. The van der Waals surface area contributed by atoms with Gasteiger partial charge in [0.05, 0.1) is 20.6 Å². The summed E-state index contributed by atoms with van der Waals surface area (Å²) in [5.74, 6) is -1.23. The van der Waals surface area contributed by atoms with Crippen LogP contribution in [0.4, 0.5) is 8.78 Å². The van der Waals surface area contributed by atoms with Crippen LogP contribution in [0.25, 0.3) is 0 Å². The lowest BCUT2D eigenvalue weighted by Gasteiger charge is -2.18. The third-order valence-corrected chi connectivity index (χ3v) is 3.77. The molecule has 0 aliphatic heterocycles. The molecular weight excluding hydrogens is 338 g/mol. The maximum Gasteiger partial charge on any atom is 0.387 e. The molecule has 0 unspecified atom stereocenters. The summed E-state index contributed by atoms with van der Waals surface area (Å²) in [5, 5.41) is 5.16. The number of hydrogen-bond acceptors (Lipinski definition) is 5. The van der Waals surface area contributed by atoms with Gasteiger partial charge in [0.1, 0.15) is 0 Å². The van der Waals surface area contributed by atoms with E-state index in [0.717, 1.165) is 0 Å². The quantitative estimate of drug-likeness (QED) is 0.743. The third-order valence-electron chi connectivity index (χ3n) is 3.77. The predicted molar refractivity (Wildman–Crippen MR) is 84.3 cm³/mol. The van der Waals surface area contributed by atoms with E-state index in [-0.39, 0.29) is 23.5 Å². The van der Waals surface area contributed by atoms with Crippen LogP contribution in [0.1, 0.15) is 29.2 Å². The van der Waals surface area contributed by atoms with Crippen LogP contribution in [-0.2, 0) is 9.53 Å². The molecule has 2 N–H and O–H groups in total. The molecule has 1 heterocycles. The van der Waals surface area contributed by atoms with E-state index in [0.29, 0.717) is 16.8 Å². The monoisotopic (exact) mass is 356 g/mol. The van der Waals surface area contributed by atoms with Gasteiger partial charge in [-0.25, -0.2) is 0 Å². The van der Waals surface area contributed by atoms with E-state index >= 15 is 0 Å². The number of aryl methyl sites for hydroxylation is 1. The minimum atomic E-state index is -3.00. The van der Waals surface area contributed by atoms with Gasteiger partial charge in [0, 0.05) is 17.2 Å². The number of ether oxygens (including phenoxy) is 3. The highest BCUT2D eigenvalue weighted by Crippen LogP contribution is 2.35. The number of alkyl halides is 2. The first-order chi connectivity index (χ1) is 11.9. The number of benzene rings is 1. The Morgan fingerprint density at radius 3 is 2.44 bits per heavy atom. The molecule has 25 heavy (non-hydrogen) atoms.